The molecule has 0 radical (unpaired) electrons. The maximum atomic E-state index is 12.3. The number of piperidine rings is 1. The summed E-state index contributed by atoms with van der Waals surface area (Å²) < 4.78 is 0. The predicted octanol–water partition coefficient (Wildman–Crippen LogP) is 5.58. The molecule has 2 aromatic carbocycles. The van der Waals surface area contributed by atoms with Crippen LogP contribution in [0.5, 0.6) is 0 Å². The molecule has 5 nitrogen and oxygen atoms in total. The van der Waals surface area contributed by atoms with Crippen molar-refractivity contribution in [1.82, 2.24) is 15.2 Å². The Morgan fingerprint density at radius 2 is 1.79 bits per heavy atom. The van der Waals surface area contributed by atoms with Gasteiger partial charge in [0.1, 0.15) is 0 Å². The Hall–Kier alpha value is -2.92. The van der Waals surface area contributed by atoms with Gasteiger partial charge < -0.3 is 15.5 Å². The summed E-state index contributed by atoms with van der Waals surface area (Å²) in [6, 6.07) is 18.2. The topological polar surface area (TPSA) is 57.3 Å². The largest absolute Gasteiger partial charge is 0.384 e. The van der Waals surface area contributed by atoms with E-state index >= 15 is 0 Å². The van der Waals surface area contributed by atoms with Crippen LogP contribution in [0.3, 0.4) is 0 Å². The fraction of sp³-hybridized carbons (Fsp3) is 0.429. The molecule has 0 aliphatic carbocycles. The maximum Gasteiger partial charge on any atom is 0.251 e. The van der Waals surface area contributed by atoms with Crippen molar-refractivity contribution in [2.75, 3.05) is 38.0 Å². The Kier molecular flexibility index (Phi) is 7.95. The van der Waals surface area contributed by atoms with Gasteiger partial charge in [0.05, 0.1) is 11.2 Å². The summed E-state index contributed by atoms with van der Waals surface area (Å²) >= 11 is 0. The molecule has 1 aliphatic heterocycles. The second-order valence-corrected chi connectivity index (χ2v) is 9.44. The van der Waals surface area contributed by atoms with Crippen molar-refractivity contribution in [2.24, 2.45) is 5.92 Å². The van der Waals surface area contributed by atoms with Gasteiger partial charge in [0.25, 0.3) is 5.91 Å². The van der Waals surface area contributed by atoms with E-state index in [1.165, 1.54) is 32.4 Å². The van der Waals surface area contributed by atoms with E-state index in [1.54, 1.807) is 0 Å². The fourth-order valence-corrected chi connectivity index (χ4v) is 4.37. The lowest BCUT2D eigenvalue weighted by atomic mass is 10.1. The van der Waals surface area contributed by atoms with Gasteiger partial charge in [0.15, 0.2) is 0 Å². The number of amides is 1. The number of rotatable bonds is 9. The van der Waals surface area contributed by atoms with E-state index in [-0.39, 0.29) is 5.91 Å². The van der Waals surface area contributed by atoms with Crippen LogP contribution in [0.4, 0.5) is 5.69 Å². The molecule has 0 atom stereocenters. The number of anilines is 1. The van der Waals surface area contributed by atoms with Crippen LogP contribution in [-0.2, 0) is 0 Å². The minimum atomic E-state index is -0.0298. The molecule has 1 aliphatic rings. The number of hydrogen-bond acceptors (Lipinski definition) is 4. The average Bonchev–Trinajstić information content (AvgIpc) is 2.85. The van der Waals surface area contributed by atoms with Crippen LogP contribution in [-0.4, -0.2) is 48.5 Å². The van der Waals surface area contributed by atoms with Crippen molar-refractivity contribution in [1.29, 1.82) is 0 Å². The summed E-state index contributed by atoms with van der Waals surface area (Å²) in [5.41, 5.74) is 4.70. The molecule has 3 aromatic rings. The van der Waals surface area contributed by atoms with Crippen LogP contribution in [0.15, 0.2) is 54.6 Å². The normalized spacial score (nSPS) is 14.5. The molecule has 4 rings (SSSR count). The third kappa shape index (κ3) is 6.32. The van der Waals surface area contributed by atoms with Gasteiger partial charge in [-0.2, -0.15) is 0 Å². The fourth-order valence-electron chi connectivity index (χ4n) is 4.37. The molecule has 1 aromatic heterocycles. The van der Waals surface area contributed by atoms with Gasteiger partial charge in [-0.3, -0.25) is 4.79 Å². The first kappa shape index (κ1) is 23.2. The Balaban J connectivity index is 1.47. The molecule has 1 amide bonds. The highest BCUT2D eigenvalue weighted by Crippen LogP contribution is 2.28. The van der Waals surface area contributed by atoms with Gasteiger partial charge in [-0.15, -0.1) is 0 Å². The predicted molar refractivity (Wildman–Crippen MR) is 138 cm³/mol. The summed E-state index contributed by atoms with van der Waals surface area (Å²) in [5, 5.41) is 7.78. The Labute approximate surface area is 197 Å². The van der Waals surface area contributed by atoms with Crippen molar-refractivity contribution >= 4 is 22.5 Å². The Morgan fingerprint density at radius 1 is 1.03 bits per heavy atom. The number of nitrogens with zero attached hydrogens (tertiary/aromatic N) is 2. The molecule has 0 bridgehead atoms. The molecule has 0 unspecified atom stereocenters. The van der Waals surface area contributed by atoms with Crippen LogP contribution >= 0.6 is 0 Å². The molecule has 174 valence electrons. The Bertz CT molecular complexity index is 1060. The summed E-state index contributed by atoms with van der Waals surface area (Å²) in [4.78, 5) is 19.8. The second kappa shape index (κ2) is 11.3. The lowest BCUT2D eigenvalue weighted by molar-refractivity contribution is 0.0949. The number of carbonyl (C=O) groups is 1. The zero-order valence-corrected chi connectivity index (χ0v) is 19.9. The van der Waals surface area contributed by atoms with E-state index < -0.39 is 0 Å². The maximum absolute atomic E-state index is 12.3. The number of nitrogens with one attached hydrogen (secondary N) is 2. The minimum absolute atomic E-state index is 0.0298. The number of likely N-dealkylation sites (tertiary alicyclic amines) is 1. The van der Waals surface area contributed by atoms with Gasteiger partial charge in [-0.05, 0) is 69.1 Å². The molecular weight excluding hydrogens is 408 g/mol. The number of benzene rings is 2. The van der Waals surface area contributed by atoms with Crippen LogP contribution in [0.1, 0.15) is 49.9 Å². The van der Waals surface area contributed by atoms with Crippen molar-refractivity contribution in [3.8, 4) is 11.3 Å². The van der Waals surface area contributed by atoms with Crippen LogP contribution in [0, 0.1) is 5.92 Å². The average molecular weight is 445 g/mol. The first-order valence-corrected chi connectivity index (χ1v) is 12.3. The monoisotopic (exact) mass is 444 g/mol. The van der Waals surface area contributed by atoms with E-state index in [2.05, 4.69) is 53.6 Å². The molecule has 0 saturated carbocycles. The first-order valence-electron chi connectivity index (χ1n) is 12.3. The lowest BCUT2D eigenvalue weighted by Crippen LogP contribution is -2.31. The molecule has 2 heterocycles. The molecular formula is C28H36N4O. The van der Waals surface area contributed by atoms with E-state index in [4.69, 9.17) is 4.98 Å². The number of aromatic nitrogens is 1. The van der Waals surface area contributed by atoms with Gasteiger partial charge in [0.2, 0.25) is 0 Å². The molecule has 1 fully saturated rings. The van der Waals surface area contributed by atoms with E-state index in [9.17, 15) is 4.79 Å². The quantitative estimate of drug-likeness (QED) is 0.423. The van der Waals surface area contributed by atoms with E-state index in [0.717, 1.165) is 47.4 Å². The number of hydrogen-bond donors (Lipinski definition) is 2. The Morgan fingerprint density at radius 3 is 2.55 bits per heavy atom. The highest BCUT2D eigenvalue weighted by atomic mass is 16.1. The van der Waals surface area contributed by atoms with Gasteiger partial charge >= 0.3 is 0 Å². The first-order chi connectivity index (χ1) is 16.1. The smallest absolute Gasteiger partial charge is 0.251 e. The van der Waals surface area contributed by atoms with E-state index in [1.807, 2.05) is 30.3 Å². The number of para-hydroxylation sites is 1. The van der Waals surface area contributed by atoms with Crippen LogP contribution in [0.2, 0.25) is 0 Å². The van der Waals surface area contributed by atoms with Gasteiger partial charge in [-0.25, -0.2) is 4.98 Å². The van der Waals surface area contributed by atoms with Crippen LogP contribution in [0.25, 0.3) is 22.2 Å². The van der Waals surface area contributed by atoms with Crippen molar-refractivity contribution in [3.63, 3.8) is 0 Å². The molecule has 5 heteroatoms. The second-order valence-electron chi connectivity index (χ2n) is 9.44. The van der Waals surface area contributed by atoms with E-state index in [0.29, 0.717) is 18.0 Å². The summed E-state index contributed by atoms with van der Waals surface area (Å²) in [6.07, 6.45) is 5.18. The zero-order chi connectivity index (χ0) is 23.0. The van der Waals surface area contributed by atoms with Crippen LogP contribution < -0.4 is 10.6 Å². The highest BCUT2D eigenvalue weighted by Gasteiger charge is 2.11. The standard InChI is InChI=1S/C28H36N4O/c1-21(2)20-30-28(33)23-13-11-22(12-14-23)26-19-27(24-9-4-5-10-25(24)31-26)29-15-8-18-32-16-6-3-7-17-32/h4-5,9-14,19,21H,3,6-8,15-18,20H2,1-2H3,(H,29,31)(H,30,33). The minimum Gasteiger partial charge on any atom is -0.384 e. The van der Waals surface area contributed by atoms with Crippen molar-refractivity contribution in [3.05, 3.63) is 60.2 Å². The SMILES string of the molecule is CC(C)CNC(=O)c1ccc(-c2cc(NCCCN3CCCCC3)c3ccccc3n2)cc1. The van der Waals surface area contributed by atoms with Crippen molar-refractivity contribution < 1.29 is 4.79 Å². The number of carbonyl (C=O) groups excluding carboxylic acids is 1. The third-order valence-corrected chi connectivity index (χ3v) is 6.25. The summed E-state index contributed by atoms with van der Waals surface area (Å²) in [6.45, 7) is 9.45. The van der Waals surface area contributed by atoms with Crippen molar-refractivity contribution in [2.45, 2.75) is 39.5 Å². The van der Waals surface area contributed by atoms with Gasteiger partial charge in [-0.1, -0.05) is 50.6 Å². The van der Waals surface area contributed by atoms with Gasteiger partial charge in [0, 0.05) is 35.3 Å². The molecule has 1 saturated heterocycles. The number of fused-ring (bicyclic) bond motifs is 1. The molecule has 0 spiro atoms. The molecule has 2 N–H and O–H groups in total. The summed E-state index contributed by atoms with van der Waals surface area (Å²) in [5.74, 6) is 0.401. The molecule has 33 heavy (non-hydrogen) atoms. The highest BCUT2D eigenvalue weighted by molar-refractivity contribution is 5.96. The lowest BCUT2D eigenvalue weighted by Gasteiger charge is -2.26. The summed E-state index contributed by atoms with van der Waals surface area (Å²) in [7, 11) is 0. The zero-order valence-electron chi connectivity index (χ0n) is 19.9. The third-order valence-electron chi connectivity index (χ3n) is 6.25. The number of pyridine rings is 1.